The Bertz CT molecular complexity index is 1450. The van der Waals surface area contributed by atoms with Gasteiger partial charge in [-0.1, -0.05) is 60.7 Å². The number of carboxylic acid groups (broad SMARTS) is 1. The first-order chi connectivity index (χ1) is 18.9. The highest BCUT2D eigenvalue weighted by molar-refractivity contribution is 7.98. The number of thioether (sulfide) groups is 1. The number of benzene rings is 3. The van der Waals surface area contributed by atoms with Gasteiger partial charge in [0.2, 0.25) is 5.88 Å². The molecule has 198 valence electrons. The molecule has 0 spiro atoms. The molecule has 1 atom stereocenters. The van der Waals surface area contributed by atoms with Crippen LogP contribution in [0, 0.1) is 6.92 Å². The number of aromatic nitrogens is 1. The Balaban J connectivity index is 1.58. The van der Waals surface area contributed by atoms with E-state index >= 15 is 0 Å². The van der Waals surface area contributed by atoms with Crippen LogP contribution in [0.5, 0.6) is 11.6 Å². The zero-order valence-corrected chi connectivity index (χ0v) is 22.7. The molecule has 0 saturated carbocycles. The number of carbonyl (C=O) groups is 2. The fourth-order valence-electron chi connectivity index (χ4n) is 4.04. The molecule has 4 aromatic rings. The molecule has 4 rings (SSSR count). The topological polar surface area (TPSA) is 88.5 Å². The van der Waals surface area contributed by atoms with Gasteiger partial charge >= 0.3 is 5.97 Å². The molecule has 0 aliphatic heterocycles. The van der Waals surface area contributed by atoms with Gasteiger partial charge in [0.25, 0.3) is 5.91 Å². The maximum atomic E-state index is 13.3. The Morgan fingerprint density at radius 3 is 2.36 bits per heavy atom. The number of hydrogen-bond acceptors (Lipinski definition) is 5. The molecule has 39 heavy (non-hydrogen) atoms. The lowest BCUT2D eigenvalue weighted by molar-refractivity contribution is -0.139. The number of ether oxygens (including phenoxy) is 1. The third kappa shape index (κ3) is 7.58. The predicted molar refractivity (Wildman–Crippen MR) is 158 cm³/mol. The largest absolute Gasteiger partial charge is 0.480 e. The number of hydrogen-bond donors (Lipinski definition) is 2. The van der Waals surface area contributed by atoms with Crippen molar-refractivity contribution in [2.75, 3.05) is 12.0 Å². The minimum absolute atomic E-state index is 0.353. The SMILES string of the molecule is CSCC[C@H](NC(=O)c1ccc(/C=C/c2ccc(Oc3ccccc3)nc2)cc1-c1ccccc1C)C(=O)O. The van der Waals surface area contributed by atoms with Gasteiger partial charge in [-0.3, -0.25) is 4.79 Å². The lowest BCUT2D eigenvalue weighted by Crippen LogP contribution is -2.41. The Morgan fingerprint density at radius 2 is 1.67 bits per heavy atom. The zero-order chi connectivity index (χ0) is 27.6. The van der Waals surface area contributed by atoms with Crippen LogP contribution in [-0.2, 0) is 4.79 Å². The van der Waals surface area contributed by atoms with Crippen LogP contribution in [0.3, 0.4) is 0 Å². The molecule has 7 heteroatoms. The van der Waals surface area contributed by atoms with E-state index in [1.807, 2.05) is 104 Å². The van der Waals surface area contributed by atoms with E-state index < -0.39 is 17.9 Å². The Morgan fingerprint density at radius 1 is 0.949 bits per heavy atom. The van der Waals surface area contributed by atoms with E-state index in [2.05, 4.69) is 10.3 Å². The summed E-state index contributed by atoms with van der Waals surface area (Å²) in [6.45, 7) is 1.99. The van der Waals surface area contributed by atoms with Crippen molar-refractivity contribution in [2.45, 2.75) is 19.4 Å². The van der Waals surface area contributed by atoms with Crippen molar-refractivity contribution in [3.8, 4) is 22.8 Å². The molecule has 6 nitrogen and oxygen atoms in total. The number of para-hydroxylation sites is 1. The second kappa shape index (κ2) is 13.4. The molecule has 1 aromatic heterocycles. The van der Waals surface area contributed by atoms with Crippen molar-refractivity contribution in [3.05, 3.63) is 113 Å². The van der Waals surface area contributed by atoms with Crippen molar-refractivity contribution in [1.82, 2.24) is 10.3 Å². The van der Waals surface area contributed by atoms with Crippen LogP contribution in [-0.4, -0.2) is 40.0 Å². The van der Waals surface area contributed by atoms with Crippen LogP contribution in [0.4, 0.5) is 0 Å². The van der Waals surface area contributed by atoms with Crippen molar-refractivity contribution >= 4 is 35.8 Å². The second-order valence-corrected chi connectivity index (χ2v) is 9.93. The summed E-state index contributed by atoms with van der Waals surface area (Å²) in [6, 6.07) is 25.7. The monoisotopic (exact) mass is 538 g/mol. The predicted octanol–water partition coefficient (Wildman–Crippen LogP) is 6.96. The van der Waals surface area contributed by atoms with E-state index in [0.29, 0.717) is 23.6 Å². The molecule has 2 N–H and O–H groups in total. The number of aliphatic carboxylic acids is 1. The van der Waals surface area contributed by atoms with Gasteiger partial charge in [-0.15, -0.1) is 0 Å². The summed E-state index contributed by atoms with van der Waals surface area (Å²) in [5.41, 5.74) is 4.90. The summed E-state index contributed by atoms with van der Waals surface area (Å²) in [5.74, 6) is 0.423. The lowest BCUT2D eigenvalue weighted by atomic mass is 9.93. The van der Waals surface area contributed by atoms with Gasteiger partial charge in [0.1, 0.15) is 11.8 Å². The first-order valence-electron chi connectivity index (χ1n) is 12.5. The average Bonchev–Trinajstić information content (AvgIpc) is 2.95. The van der Waals surface area contributed by atoms with Crippen molar-refractivity contribution < 1.29 is 19.4 Å². The molecule has 1 heterocycles. The molecule has 0 radical (unpaired) electrons. The third-order valence-electron chi connectivity index (χ3n) is 6.13. The minimum Gasteiger partial charge on any atom is -0.480 e. The highest BCUT2D eigenvalue weighted by Gasteiger charge is 2.22. The molecule has 0 bridgehead atoms. The maximum absolute atomic E-state index is 13.3. The van der Waals surface area contributed by atoms with Crippen LogP contribution < -0.4 is 10.1 Å². The summed E-state index contributed by atoms with van der Waals surface area (Å²) in [6.07, 6.45) is 7.90. The van der Waals surface area contributed by atoms with Crippen LogP contribution in [0.1, 0.15) is 33.5 Å². The Kier molecular flexibility index (Phi) is 9.53. The van der Waals surface area contributed by atoms with E-state index in [4.69, 9.17) is 4.74 Å². The van der Waals surface area contributed by atoms with Crippen molar-refractivity contribution in [1.29, 1.82) is 0 Å². The smallest absolute Gasteiger partial charge is 0.326 e. The highest BCUT2D eigenvalue weighted by Crippen LogP contribution is 2.29. The van der Waals surface area contributed by atoms with E-state index in [1.165, 1.54) is 0 Å². The van der Waals surface area contributed by atoms with Gasteiger partial charge in [-0.25, -0.2) is 9.78 Å². The lowest BCUT2D eigenvalue weighted by Gasteiger charge is -2.17. The third-order valence-corrected chi connectivity index (χ3v) is 6.77. The highest BCUT2D eigenvalue weighted by atomic mass is 32.2. The van der Waals surface area contributed by atoms with E-state index in [-0.39, 0.29) is 0 Å². The van der Waals surface area contributed by atoms with Gasteiger partial charge in [0, 0.05) is 17.8 Å². The summed E-state index contributed by atoms with van der Waals surface area (Å²) < 4.78 is 5.76. The number of carboxylic acids is 1. The first-order valence-corrected chi connectivity index (χ1v) is 13.9. The average molecular weight is 539 g/mol. The number of carbonyl (C=O) groups excluding carboxylic acids is 1. The fraction of sp³-hybridized carbons (Fsp3) is 0.156. The summed E-state index contributed by atoms with van der Waals surface area (Å²) >= 11 is 1.55. The minimum atomic E-state index is -1.04. The number of pyridine rings is 1. The summed E-state index contributed by atoms with van der Waals surface area (Å²) in [7, 11) is 0. The standard InChI is InChI=1S/C32H30N2O4S/c1-22-8-6-7-11-26(22)28-20-23(14-16-27(28)31(35)34-29(32(36)37)18-19-39-2)12-13-24-15-17-30(33-21-24)38-25-9-4-3-5-10-25/h3-17,20-21,29H,18-19H2,1-2H3,(H,34,35)(H,36,37)/b13-12+/t29-/m0/s1. The number of nitrogens with one attached hydrogen (secondary N) is 1. The van der Waals surface area contributed by atoms with Gasteiger partial charge in [-0.2, -0.15) is 11.8 Å². The van der Waals surface area contributed by atoms with Gasteiger partial charge in [0.15, 0.2) is 0 Å². The van der Waals surface area contributed by atoms with Gasteiger partial charge in [-0.05, 0) is 83.5 Å². The molecule has 0 unspecified atom stereocenters. The first kappa shape index (κ1) is 27.7. The Hall–Kier alpha value is -4.36. The van der Waals surface area contributed by atoms with Crippen LogP contribution in [0.15, 0.2) is 91.1 Å². The fourth-order valence-corrected chi connectivity index (χ4v) is 4.51. The molecular formula is C32H30N2O4S. The number of nitrogens with zero attached hydrogens (tertiary/aromatic N) is 1. The molecule has 0 fully saturated rings. The summed E-state index contributed by atoms with van der Waals surface area (Å²) in [4.78, 5) is 29.4. The normalized spacial score (nSPS) is 11.7. The Labute approximate surface area is 232 Å². The summed E-state index contributed by atoms with van der Waals surface area (Å²) in [5, 5.41) is 12.3. The van der Waals surface area contributed by atoms with E-state index in [9.17, 15) is 14.7 Å². The van der Waals surface area contributed by atoms with Crippen LogP contribution in [0.2, 0.25) is 0 Å². The molecular weight excluding hydrogens is 508 g/mol. The van der Waals surface area contributed by atoms with Crippen molar-refractivity contribution in [3.63, 3.8) is 0 Å². The zero-order valence-electron chi connectivity index (χ0n) is 21.8. The van der Waals surface area contributed by atoms with E-state index in [1.54, 1.807) is 24.0 Å². The van der Waals surface area contributed by atoms with Gasteiger partial charge < -0.3 is 15.2 Å². The quantitative estimate of drug-likeness (QED) is 0.215. The number of aryl methyl sites for hydroxylation is 1. The van der Waals surface area contributed by atoms with Crippen LogP contribution >= 0.6 is 11.8 Å². The maximum Gasteiger partial charge on any atom is 0.326 e. The molecule has 0 aliphatic rings. The number of amides is 1. The second-order valence-electron chi connectivity index (χ2n) is 8.94. The molecule has 0 aliphatic carbocycles. The van der Waals surface area contributed by atoms with Crippen molar-refractivity contribution in [2.24, 2.45) is 0 Å². The van der Waals surface area contributed by atoms with Crippen LogP contribution in [0.25, 0.3) is 23.3 Å². The molecule has 0 saturated heterocycles. The van der Waals surface area contributed by atoms with E-state index in [0.717, 1.165) is 33.6 Å². The molecule has 1 amide bonds. The number of rotatable bonds is 11. The van der Waals surface area contributed by atoms with Gasteiger partial charge in [0.05, 0.1) is 0 Å². The molecule has 3 aromatic carbocycles.